The van der Waals surface area contributed by atoms with E-state index in [0.717, 1.165) is 27.9 Å². The molecule has 1 amide bonds. The lowest BCUT2D eigenvalue weighted by Gasteiger charge is -2.11. The molecular weight excluding hydrogens is 370 g/mol. The zero-order valence-electron chi connectivity index (χ0n) is 16.0. The van der Waals surface area contributed by atoms with Crippen LogP contribution in [0.25, 0.3) is 11.1 Å². The average Bonchev–Trinajstić information content (AvgIpc) is 2.70. The van der Waals surface area contributed by atoms with E-state index < -0.39 is 9.84 Å². The lowest BCUT2D eigenvalue weighted by molar-refractivity contribution is -0.115. The van der Waals surface area contributed by atoms with Gasteiger partial charge in [0.25, 0.3) is 0 Å². The van der Waals surface area contributed by atoms with E-state index in [1.807, 2.05) is 55.5 Å². The quantitative estimate of drug-likeness (QED) is 0.664. The Morgan fingerprint density at radius 1 is 0.929 bits per heavy atom. The highest BCUT2D eigenvalue weighted by Crippen LogP contribution is 2.26. The molecule has 0 saturated heterocycles. The van der Waals surface area contributed by atoms with Crippen molar-refractivity contribution in [1.82, 2.24) is 0 Å². The SMILES string of the molecule is CCS(=O)(=O)c1ccc(CC(=O)Nc2ccc(C)c(-c3ccccc3)c2)cc1. The van der Waals surface area contributed by atoms with Crippen molar-refractivity contribution in [1.29, 1.82) is 0 Å². The Morgan fingerprint density at radius 2 is 1.61 bits per heavy atom. The van der Waals surface area contributed by atoms with Gasteiger partial charge in [-0.3, -0.25) is 4.79 Å². The van der Waals surface area contributed by atoms with Crippen molar-refractivity contribution >= 4 is 21.4 Å². The van der Waals surface area contributed by atoms with E-state index >= 15 is 0 Å². The summed E-state index contributed by atoms with van der Waals surface area (Å²) in [5.74, 6) is -0.0850. The Kier molecular flexibility index (Phi) is 5.95. The molecule has 3 aromatic carbocycles. The van der Waals surface area contributed by atoms with Gasteiger partial charge < -0.3 is 5.32 Å². The van der Waals surface area contributed by atoms with Gasteiger partial charge in [-0.1, -0.05) is 55.5 Å². The Hall–Kier alpha value is -2.92. The van der Waals surface area contributed by atoms with Crippen molar-refractivity contribution < 1.29 is 13.2 Å². The monoisotopic (exact) mass is 393 g/mol. The van der Waals surface area contributed by atoms with Crippen LogP contribution >= 0.6 is 0 Å². The number of hydrogen-bond acceptors (Lipinski definition) is 3. The van der Waals surface area contributed by atoms with Crippen molar-refractivity contribution in [2.24, 2.45) is 0 Å². The normalized spacial score (nSPS) is 11.2. The third-order valence-corrected chi connectivity index (χ3v) is 6.38. The minimum atomic E-state index is -3.23. The summed E-state index contributed by atoms with van der Waals surface area (Å²) in [4.78, 5) is 12.7. The number of hydrogen-bond donors (Lipinski definition) is 1. The molecule has 0 bridgehead atoms. The lowest BCUT2D eigenvalue weighted by atomic mass is 10.00. The van der Waals surface area contributed by atoms with Crippen molar-refractivity contribution in [3.8, 4) is 11.1 Å². The number of amides is 1. The number of rotatable bonds is 6. The fourth-order valence-electron chi connectivity index (χ4n) is 3.00. The van der Waals surface area contributed by atoms with E-state index in [0.29, 0.717) is 0 Å². The largest absolute Gasteiger partial charge is 0.326 e. The highest BCUT2D eigenvalue weighted by atomic mass is 32.2. The highest BCUT2D eigenvalue weighted by molar-refractivity contribution is 7.91. The predicted octanol–water partition coefficient (Wildman–Crippen LogP) is 4.64. The Morgan fingerprint density at radius 3 is 2.25 bits per heavy atom. The van der Waals surface area contributed by atoms with Crippen molar-refractivity contribution in [2.45, 2.75) is 25.2 Å². The summed E-state index contributed by atoms with van der Waals surface area (Å²) < 4.78 is 23.7. The van der Waals surface area contributed by atoms with Crippen LogP contribution in [0, 0.1) is 6.92 Å². The number of aryl methyl sites for hydroxylation is 1. The van der Waals surface area contributed by atoms with E-state index in [2.05, 4.69) is 5.32 Å². The maximum absolute atomic E-state index is 12.4. The van der Waals surface area contributed by atoms with Gasteiger partial charge in [-0.2, -0.15) is 0 Å². The zero-order valence-corrected chi connectivity index (χ0v) is 16.8. The van der Waals surface area contributed by atoms with Crippen LogP contribution in [0.1, 0.15) is 18.1 Å². The fourth-order valence-corrected chi connectivity index (χ4v) is 3.88. The Labute approximate surface area is 166 Å². The van der Waals surface area contributed by atoms with Crippen LogP contribution in [0.2, 0.25) is 0 Å². The van der Waals surface area contributed by atoms with Crippen LogP contribution in [0.5, 0.6) is 0 Å². The van der Waals surface area contributed by atoms with Gasteiger partial charge in [0.05, 0.1) is 17.1 Å². The van der Waals surface area contributed by atoms with Crippen LogP contribution in [0.4, 0.5) is 5.69 Å². The number of benzene rings is 3. The number of sulfone groups is 1. The molecule has 3 aromatic rings. The first kappa shape index (κ1) is 19.8. The maximum atomic E-state index is 12.4. The third-order valence-electron chi connectivity index (χ3n) is 4.63. The summed E-state index contributed by atoms with van der Waals surface area (Å²) in [6.45, 7) is 3.65. The molecule has 0 saturated carbocycles. The molecule has 0 aliphatic heterocycles. The molecule has 0 radical (unpaired) electrons. The summed E-state index contributed by atoms with van der Waals surface area (Å²) in [6.07, 6.45) is 0.182. The topological polar surface area (TPSA) is 63.2 Å². The molecule has 0 fully saturated rings. The first-order chi connectivity index (χ1) is 13.4. The molecule has 0 aliphatic carbocycles. The van der Waals surface area contributed by atoms with Gasteiger partial charge in [-0.05, 0) is 53.4 Å². The summed E-state index contributed by atoms with van der Waals surface area (Å²) >= 11 is 0. The second-order valence-electron chi connectivity index (χ2n) is 6.67. The van der Waals surface area contributed by atoms with E-state index in [4.69, 9.17) is 0 Å². The first-order valence-corrected chi connectivity index (χ1v) is 10.8. The van der Waals surface area contributed by atoms with Gasteiger partial charge in [-0.25, -0.2) is 8.42 Å². The number of nitrogens with one attached hydrogen (secondary N) is 1. The smallest absolute Gasteiger partial charge is 0.228 e. The van der Waals surface area contributed by atoms with Gasteiger partial charge in [0.1, 0.15) is 0 Å². The van der Waals surface area contributed by atoms with Crippen LogP contribution in [0.3, 0.4) is 0 Å². The van der Waals surface area contributed by atoms with Crippen LogP contribution in [-0.2, 0) is 21.1 Å². The van der Waals surface area contributed by atoms with Gasteiger partial charge in [-0.15, -0.1) is 0 Å². The van der Waals surface area contributed by atoms with Gasteiger partial charge in [0, 0.05) is 5.69 Å². The van der Waals surface area contributed by atoms with E-state index in [-0.39, 0.29) is 23.0 Å². The number of carbonyl (C=O) groups is 1. The molecule has 5 heteroatoms. The predicted molar refractivity (Wildman–Crippen MR) is 113 cm³/mol. The molecule has 0 unspecified atom stereocenters. The van der Waals surface area contributed by atoms with Gasteiger partial charge in [0.15, 0.2) is 9.84 Å². The van der Waals surface area contributed by atoms with Gasteiger partial charge in [0.2, 0.25) is 5.91 Å². The Bertz CT molecular complexity index is 1070. The minimum absolute atomic E-state index is 0.0595. The van der Waals surface area contributed by atoms with Gasteiger partial charge >= 0.3 is 0 Å². The molecule has 1 N–H and O–H groups in total. The standard InChI is InChI=1S/C23H23NO3S/c1-3-28(26,27)21-13-10-18(11-14-21)15-23(25)24-20-12-9-17(2)22(16-20)19-7-5-4-6-8-19/h4-14,16H,3,15H2,1-2H3,(H,24,25). The van der Waals surface area contributed by atoms with E-state index in [9.17, 15) is 13.2 Å². The summed E-state index contributed by atoms with van der Waals surface area (Å²) in [5, 5.41) is 2.93. The Balaban J connectivity index is 1.72. The van der Waals surface area contributed by atoms with Crippen LogP contribution < -0.4 is 5.32 Å². The summed E-state index contributed by atoms with van der Waals surface area (Å²) in [6, 6.07) is 22.4. The molecule has 0 atom stereocenters. The van der Waals surface area contributed by atoms with E-state index in [1.165, 1.54) is 0 Å². The molecular formula is C23H23NO3S. The summed E-state index contributed by atoms with van der Waals surface area (Å²) in [7, 11) is -3.23. The van der Waals surface area contributed by atoms with Crippen molar-refractivity contribution in [3.63, 3.8) is 0 Å². The fraction of sp³-hybridized carbons (Fsp3) is 0.174. The number of anilines is 1. The zero-order chi connectivity index (χ0) is 20.1. The van der Waals surface area contributed by atoms with E-state index in [1.54, 1.807) is 31.2 Å². The second kappa shape index (κ2) is 8.40. The van der Waals surface area contributed by atoms with Crippen molar-refractivity contribution in [2.75, 3.05) is 11.1 Å². The molecule has 28 heavy (non-hydrogen) atoms. The molecule has 144 valence electrons. The molecule has 3 rings (SSSR count). The molecule has 4 nitrogen and oxygen atoms in total. The number of carbonyl (C=O) groups excluding carboxylic acids is 1. The van der Waals surface area contributed by atoms with Crippen LogP contribution in [-0.4, -0.2) is 20.1 Å². The molecule has 0 aromatic heterocycles. The third kappa shape index (κ3) is 4.67. The molecule has 0 aliphatic rings. The average molecular weight is 394 g/mol. The van der Waals surface area contributed by atoms with Crippen LogP contribution in [0.15, 0.2) is 77.7 Å². The maximum Gasteiger partial charge on any atom is 0.228 e. The highest BCUT2D eigenvalue weighted by Gasteiger charge is 2.12. The molecule has 0 spiro atoms. The second-order valence-corrected chi connectivity index (χ2v) is 8.95. The lowest BCUT2D eigenvalue weighted by Crippen LogP contribution is -2.14. The molecule has 0 heterocycles. The summed E-state index contributed by atoms with van der Waals surface area (Å²) in [5.41, 5.74) is 4.82. The first-order valence-electron chi connectivity index (χ1n) is 9.16. The van der Waals surface area contributed by atoms with Crippen molar-refractivity contribution in [3.05, 3.63) is 83.9 Å². The minimum Gasteiger partial charge on any atom is -0.326 e.